The second-order valence-corrected chi connectivity index (χ2v) is 23.9. The number of fused-ring (bicyclic) bond motifs is 5. The van der Waals surface area contributed by atoms with Gasteiger partial charge in [-0.1, -0.05) is 4.98 Å². The van der Waals surface area contributed by atoms with Crippen molar-refractivity contribution in [1.82, 2.24) is 58.5 Å². The molecular weight excluding hydrogens is 1120 g/mol. The number of aryl methyl sites for hydroxylation is 1. The first-order chi connectivity index (χ1) is 36.1. The molecule has 15 N–H and O–H groups in total. The Morgan fingerprint density at radius 1 is 0.766 bits per heavy atom. The van der Waals surface area contributed by atoms with E-state index in [2.05, 4.69) is 48.5 Å². The number of nitrogen functional groups attached to an aromatic ring is 3. The number of methoxy groups -OCH3 is 1. The van der Waals surface area contributed by atoms with Gasteiger partial charge < -0.3 is 71.0 Å². The van der Waals surface area contributed by atoms with Gasteiger partial charge >= 0.3 is 36.9 Å². The van der Waals surface area contributed by atoms with Crippen LogP contribution in [0.5, 0.6) is 0 Å². The fourth-order valence-electron chi connectivity index (χ4n) is 9.62. The first-order valence-corrected chi connectivity index (χ1v) is 28.1. The highest BCUT2D eigenvalue weighted by Crippen LogP contribution is 2.68. The smallest absolute Gasteiger partial charge is 0.387 e. The number of nitrogens with zero attached hydrogens (tertiary/aromatic N) is 11. The second kappa shape index (κ2) is 19.9. The van der Waals surface area contributed by atoms with Crippen molar-refractivity contribution in [3.8, 4) is 0 Å². The van der Waals surface area contributed by atoms with Gasteiger partial charge in [-0.05, 0) is 7.05 Å². The molecule has 0 saturated carbocycles. The summed E-state index contributed by atoms with van der Waals surface area (Å²) in [6.45, 7) is -3.49. The van der Waals surface area contributed by atoms with Crippen molar-refractivity contribution in [1.29, 1.82) is 0 Å². The topological polar surface area (TPSA) is 545 Å². The minimum atomic E-state index is -6.18. The number of rotatable bonds is 19. The van der Waals surface area contributed by atoms with Gasteiger partial charge in [0.15, 0.2) is 41.4 Å². The largest absolute Gasteiger partial charge is 0.490 e. The van der Waals surface area contributed by atoms with Crippen LogP contribution in [0.4, 0.5) is 17.7 Å². The lowest BCUT2D eigenvalue weighted by molar-refractivity contribution is -0.745. The predicted octanol–water partition coefficient (Wildman–Crippen LogP) is -4.39. The molecule has 43 heteroatoms. The Bertz CT molecular complexity index is 3600. The molecule has 0 radical (unpaired) electrons. The number of H-pyrrole nitrogens is 2. The Morgan fingerprint density at radius 2 is 1.40 bits per heavy atom. The van der Waals surface area contributed by atoms with E-state index in [1.54, 1.807) is 0 Å². The van der Waals surface area contributed by atoms with Crippen molar-refractivity contribution < 1.29 is 103 Å². The zero-order chi connectivity index (χ0) is 55.5. The van der Waals surface area contributed by atoms with E-state index in [4.69, 9.17) is 54.2 Å². The summed E-state index contributed by atoms with van der Waals surface area (Å²) in [5, 5.41) is 33.0. The molecular formula is C34H47N16O23P4+. The molecule has 4 fully saturated rings. The fourth-order valence-corrected chi connectivity index (χ4v) is 14.2. The molecule has 4 saturated heterocycles. The number of aromatic nitrogens is 12. The molecule has 16 atom stereocenters. The van der Waals surface area contributed by atoms with Crippen molar-refractivity contribution in [2.75, 3.05) is 57.7 Å². The van der Waals surface area contributed by atoms with E-state index >= 15 is 0 Å². The van der Waals surface area contributed by atoms with Gasteiger partial charge in [-0.2, -0.15) is 13.6 Å². The van der Waals surface area contributed by atoms with Gasteiger partial charge in [-0.15, -0.1) is 0 Å². The third-order valence-corrected chi connectivity index (χ3v) is 18.0. The lowest BCUT2D eigenvalue weighted by atomic mass is 10.0. The number of aliphatic hydroxyl groups is 3. The van der Waals surface area contributed by atoms with Gasteiger partial charge in [-0.3, -0.25) is 56.3 Å². The van der Waals surface area contributed by atoms with E-state index in [0.29, 0.717) is 0 Å². The Kier molecular flexibility index (Phi) is 14.2. The summed E-state index contributed by atoms with van der Waals surface area (Å²) in [5.41, 5.74) is 13.8. The third-order valence-electron chi connectivity index (χ3n) is 12.8. The molecule has 10 heterocycles. The lowest BCUT2D eigenvalue weighted by Gasteiger charge is -2.35. The second-order valence-electron chi connectivity index (χ2n) is 17.8. The Hall–Kier alpha value is -5.15. The number of likely N-dealkylation sites (tertiary alicyclic amines) is 1. The van der Waals surface area contributed by atoms with Crippen LogP contribution in [0.15, 0.2) is 34.9 Å². The number of likely N-dealkylation sites (N-methyl/N-ethyl adjacent to an activating group) is 1. The van der Waals surface area contributed by atoms with Gasteiger partial charge in [0, 0.05) is 13.7 Å². The molecule has 0 aliphatic carbocycles. The number of phosphoric acid groups is 4. The van der Waals surface area contributed by atoms with Crippen molar-refractivity contribution in [2.45, 2.75) is 73.1 Å². The predicted molar refractivity (Wildman–Crippen MR) is 248 cm³/mol. The quantitative estimate of drug-likeness (QED) is 0.0269. The van der Waals surface area contributed by atoms with Crippen LogP contribution in [0.1, 0.15) is 18.7 Å². The average Bonchev–Trinajstić information content (AvgIpc) is 4.41. The van der Waals surface area contributed by atoms with Crippen LogP contribution >= 0.6 is 31.3 Å². The molecule has 2 bridgehead atoms. The molecule has 39 nitrogen and oxygen atoms in total. The number of nitrogens with two attached hydrogens (primary N) is 3. The normalized spacial score (nSPS) is 31.8. The van der Waals surface area contributed by atoms with Crippen LogP contribution in [-0.2, 0) is 71.0 Å². The van der Waals surface area contributed by atoms with Crippen LogP contribution in [0.3, 0.4) is 0 Å². The zero-order valence-electron chi connectivity index (χ0n) is 39.6. The van der Waals surface area contributed by atoms with Gasteiger partial charge in [0.1, 0.15) is 60.2 Å². The molecule has 0 spiro atoms. The molecule has 7 unspecified atom stereocenters. The number of ether oxygens (including phenoxy) is 4. The minimum Gasteiger partial charge on any atom is -0.387 e. The molecule has 6 aromatic rings. The van der Waals surface area contributed by atoms with Crippen LogP contribution < -0.4 is 32.9 Å². The Balaban J connectivity index is 0.824. The number of aromatic amines is 2. The van der Waals surface area contributed by atoms with Crippen LogP contribution in [-0.4, -0.2) is 188 Å². The van der Waals surface area contributed by atoms with E-state index in [1.807, 2.05) is 0 Å². The maximum absolute atomic E-state index is 13.9. The number of aliphatic hydroxyl groups excluding tert-OH is 3. The van der Waals surface area contributed by atoms with E-state index in [9.17, 15) is 62.7 Å². The summed E-state index contributed by atoms with van der Waals surface area (Å²) in [4.78, 5) is 98.4. The molecule has 6 aromatic heterocycles. The number of imidazole rings is 3. The summed E-state index contributed by atoms with van der Waals surface area (Å²) in [5.74, 6) is -0.623. The van der Waals surface area contributed by atoms with Crippen molar-refractivity contribution >= 4 is 82.5 Å². The number of anilines is 3. The number of nitrogens with one attached hydrogen (secondary N) is 2. The van der Waals surface area contributed by atoms with E-state index in [-0.39, 0.29) is 57.8 Å². The first-order valence-electron chi connectivity index (χ1n) is 22.1. The summed E-state index contributed by atoms with van der Waals surface area (Å²) in [6.07, 6.45) is -10.6. The van der Waals surface area contributed by atoms with Crippen molar-refractivity contribution in [2.24, 2.45) is 7.05 Å². The lowest BCUT2D eigenvalue weighted by Crippen LogP contribution is -2.47. The molecule has 4 aliphatic heterocycles. The van der Waals surface area contributed by atoms with E-state index in [1.165, 1.54) is 45.4 Å². The highest BCUT2D eigenvalue weighted by molar-refractivity contribution is 7.66. The maximum atomic E-state index is 13.9. The number of hydrogen-bond donors (Lipinski definition) is 12. The van der Waals surface area contributed by atoms with Crippen LogP contribution in [0.2, 0.25) is 0 Å². The monoisotopic (exact) mass is 1170 g/mol. The van der Waals surface area contributed by atoms with Gasteiger partial charge in [0.25, 0.3) is 17.1 Å². The molecule has 4 aliphatic rings. The van der Waals surface area contributed by atoms with Crippen LogP contribution in [0.25, 0.3) is 33.5 Å². The van der Waals surface area contributed by atoms with Crippen molar-refractivity contribution in [3.63, 3.8) is 0 Å². The molecule has 77 heavy (non-hydrogen) atoms. The first kappa shape index (κ1) is 55.2. The number of morpholine rings is 1. The van der Waals surface area contributed by atoms with E-state index in [0.717, 1.165) is 24.3 Å². The zero-order valence-corrected chi connectivity index (χ0v) is 43.2. The fraction of sp³-hybridized carbons (Fsp3) is 0.559. The summed E-state index contributed by atoms with van der Waals surface area (Å²) >= 11 is 0. The number of phosphoric ester groups is 3. The molecule has 0 aromatic carbocycles. The van der Waals surface area contributed by atoms with Gasteiger partial charge in [0.2, 0.25) is 17.7 Å². The summed E-state index contributed by atoms with van der Waals surface area (Å²) in [6, 6.07) is -1.17. The van der Waals surface area contributed by atoms with Crippen LogP contribution in [0, 0.1) is 0 Å². The average molecular weight is 1170 g/mol. The molecule has 420 valence electrons. The highest BCUT2D eigenvalue weighted by atomic mass is 31.3. The van der Waals surface area contributed by atoms with Gasteiger partial charge in [0.05, 0.1) is 45.6 Å². The van der Waals surface area contributed by atoms with Gasteiger partial charge in [-0.25, -0.2) is 42.8 Å². The Morgan fingerprint density at radius 3 is 2.12 bits per heavy atom. The molecule has 10 rings (SSSR count). The summed E-state index contributed by atoms with van der Waals surface area (Å²) < 4.78 is 111. The molecule has 0 amide bonds. The third kappa shape index (κ3) is 10.3. The van der Waals surface area contributed by atoms with E-state index < -0.39 is 135 Å². The Labute approximate surface area is 427 Å². The number of hydrogen-bond acceptors (Lipinski definition) is 29. The minimum absolute atomic E-state index is 0.0265. The highest BCUT2D eigenvalue weighted by Gasteiger charge is 2.67. The standard InChI is InChI=1S/C34H46N16O23P4/c1-46-6-34(7-67-76(60,61)73-77(62,63)72-75(58,59)66-5-13-21(64-3)20(53)31(69-13)50-11-47(2)17-26(50)43-33(37)45-28(17)55)22(16(46)29(70-34)48-9-40-14-23(35)38-8-39-24(14)48)71-74(56,57)65-4-12-18(51)19(52)30(68-12)49-10-41-15-25(49)42-32(36)44-27(15)54/h8-13,16,18-22,29-31,51-53H,4-7H2,1-3H3,(H11-,35,36,37,38,39,42,43,44,45,54,55,56,57,58,59,60,61,62,63)/p+1/t12-,13-,16+,18?,19+,20?,21+,22?,29-,30-,31-,34-/m1/s1. The SMILES string of the molecule is CO[C@@H]1C(O)[C@H]([n+]2cn(C)c3c(=O)[nH]c(N)nc32)O[C@@H]1COP(=O)(O)OP(=O)(O)OP(=O)(O)OC[C@]12CN(C)[C@@H](C1OP(=O)(O)OC[C@H]1O[C@@H](n3cnc4c(=O)[nH]c(N)nc43)[C@@H](O)C1O)[C@H](n1cnc3c(N)ncnc31)O2. The van der Waals surface area contributed by atoms with Crippen molar-refractivity contribution in [3.05, 3.63) is 46.0 Å². The maximum Gasteiger partial charge on any atom is 0.490 e. The summed E-state index contributed by atoms with van der Waals surface area (Å²) in [7, 11) is -19.2.